The first-order valence-electron chi connectivity index (χ1n) is 8.00. The van der Waals surface area contributed by atoms with Crippen LogP contribution in [0.25, 0.3) is 0 Å². The predicted molar refractivity (Wildman–Crippen MR) is 93.5 cm³/mol. The molecule has 0 aliphatic carbocycles. The van der Waals surface area contributed by atoms with Crippen LogP contribution in [0, 0.1) is 6.92 Å². The molecule has 1 unspecified atom stereocenters. The Bertz CT molecular complexity index is 656. The summed E-state index contributed by atoms with van der Waals surface area (Å²) in [5.41, 5.74) is 8.67. The Labute approximate surface area is 142 Å². The number of aliphatic hydroxyl groups is 1. The van der Waals surface area contributed by atoms with E-state index in [1.165, 1.54) is 5.56 Å². The number of carbonyl (C=O) groups excluding carboxylic acids is 1. The summed E-state index contributed by atoms with van der Waals surface area (Å²) in [5, 5.41) is 12.0. The lowest BCUT2D eigenvalue weighted by atomic mass is 10.1. The highest BCUT2D eigenvalue weighted by Crippen LogP contribution is 2.16. The van der Waals surface area contributed by atoms with E-state index in [1.807, 2.05) is 36.4 Å². The van der Waals surface area contributed by atoms with Gasteiger partial charge in [0.25, 0.3) is 0 Å². The van der Waals surface area contributed by atoms with E-state index in [0.717, 1.165) is 16.9 Å². The lowest BCUT2D eigenvalue weighted by Crippen LogP contribution is -2.41. The molecule has 1 atom stereocenters. The maximum absolute atomic E-state index is 11.2. The van der Waals surface area contributed by atoms with Crippen molar-refractivity contribution in [1.82, 2.24) is 5.32 Å². The largest absolute Gasteiger partial charge is 0.489 e. The Morgan fingerprint density at radius 3 is 2.54 bits per heavy atom. The molecule has 0 saturated heterocycles. The summed E-state index contributed by atoms with van der Waals surface area (Å²) in [6.07, 6.45) is 0.312. The number of nitrogens with two attached hydrogens (primary N) is 1. The Morgan fingerprint density at radius 1 is 1.21 bits per heavy atom. The zero-order valence-corrected chi connectivity index (χ0v) is 13.9. The van der Waals surface area contributed by atoms with E-state index in [4.69, 9.17) is 15.6 Å². The van der Waals surface area contributed by atoms with Crippen LogP contribution >= 0.6 is 0 Å². The van der Waals surface area contributed by atoms with E-state index in [2.05, 4.69) is 24.4 Å². The summed E-state index contributed by atoms with van der Waals surface area (Å²) in [4.78, 5) is 11.2. The van der Waals surface area contributed by atoms with E-state index >= 15 is 0 Å². The van der Waals surface area contributed by atoms with Crippen LogP contribution in [-0.4, -0.2) is 23.7 Å². The molecule has 0 aliphatic rings. The van der Waals surface area contributed by atoms with Crippen LogP contribution in [0.2, 0.25) is 0 Å². The van der Waals surface area contributed by atoms with Crippen molar-refractivity contribution in [3.05, 3.63) is 65.2 Å². The van der Waals surface area contributed by atoms with Crippen LogP contribution in [0.3, 0.4) is 0 Å². The number of benzene rings is 2. The topological polar surface area (TPSA) is 84.6 Å². The standard InChI is InChI=1S/C19H24N2O3/c1-14-4-2-3-5-16(14)13-24-17-8-6-15(7-9-17)12-21-18(10-11-22)19(20)23/h2-9,18,21-22H,10-13H2,1H3,(H2,20,23). The summed E-state index contributed by atoms with van der Waals surface area (Å²) in [6, 6.07) is 15.3. The van der Waals surface area contributed by atoms with Crippen LogP contribution in [0.4, 0.5) is 0 Å². The van der Waals surface area contributed by atoms with Crippen molar-refractivity contribution in [3.8, 4) is 5.75 Å². The molecule has 0 radical (unpaired) electrons. The number of nitrogens with one attached hydrogen (secondary N) is 1. The average Bonchev–Trinajstić information content (AvgIpc) is 2.58. The number of amides is 1. The van der Waals surface area contributed by atoms with Crippen LogP contribution in [0.1, 0.15) is 23.1 Å². The van der Waals surface area contributed by atoms with Gasteiger partial charge in [-0.3, -0.25) is 4.79 Å². The molecule has 24 heavy (non-hydrogen) atoms. The highest BCUT2D eigenvalue weighted by molar-refractivity contribution is 5.79. The van der Waals surface area contributed by atoms with Gasteiger partial charge in [-0.15, -0.1) is 0 Å². The lowest BCUT2D eigenvalue weighted by molar-refractivity contribution is -0.120. The van der Waals surface area contributed by atoms with Gasteiger partial charge in [0.2, 0.25) is 5.91 Å². The summed E-state index contributed by atoms with van der Waals surface area (Å²) in [5.74, 6) is 0.339. The summed E-state index contributed by atoms with van der Waals surface area (Å²) in [7, 11) is 0. The van der Waals surface area contributed by atoms with Crippen molar-refractivity contribution in [3.63, 3.8) is 0 Å². The Hall–Kier alpha value is -2.37. The first-order valence-corrected chi connectivity index (χ1v) is 8.00. The summed E-state index contributed by atoms with van der Waals surface area (Å²) < 4.78 is 5.80. The Balaban J connectivity index is 1.86. The fourth-order valence-corrected chi connectivity index (χ4v) is 2.35. The van der Waals surface area contributed by atoms with Crippen molar-refractivity contribution in [2.24, 2.45) is 5.73 Å². The minimum Gasteiger partial charge on any atom is -0.489 e. The summed E-state index contributed by atoms with van der Waals surface area (Å²) >= 11 is 0. The van der Waals surface area contributed by atoms with Gasteiger partial charge >= 0.3 is 0 Å². The molecule has 0 aliphatic heterocycles. The molecule has 0 saturated carbocycles. The van der Waals surface area contributed by atoms with Crippen LogP contribution in [0.15, 0.2) is 48.5 Å². The second kappa shape index (κ2) is 9.05. The molecule has 1 amide bonds. The second-order valence-corrected chi connectivity index (χ2v) is 5.71. The molecule has 2 aromatic rings. The normalized spacial score (nSPS) is 11.9. The molecule has 5 nitrogen and oxygen atoms in total. The summed E-state index contributed by atoms with van der Waals surface area (Å²) in [6.45, 7) is 3.03. The van der Waals surface area contributed by atoms with Crippen molar-refractivity contribution in [1.29, 1.82) is 0 Å². The van der Waals surface area contributed by atoms with Gasteiger partial charge in [0.1, 0.15) is 12.4 Å². The van der Waals surface area contributed by atoms with Crippen LogP contribution < -0.4 is 15.8 Å². The third-order valence-corrected chi connectivity index (χ3v) is 3.89. The molecule has 128 valence electrons. The van der Waals surface area contributed by atoms with Gasteiger partial charge in [-0.25, -0.2) is 0 Å². The molecule has 0 bridgehead atoms. The minimum absolute atomic E-state index is 0.0771. The average molecular weight is 328 g/mol. The molecular formula is C19H24N2O3. The molecule has 0 spiro atoms. The Kier molecular flexibility index (Phi) is 6.78. The number of hydrogen-bond acceptors (Lipinski definition) is 4. The van der Waals surface area contributed by atoms with Gasteiger partial charge in [-0.2, -0.15) is 0 Å². The Morgan fingerprint density at radius 2 is 1.92 bits per heavy atom. The molecule has 0 fully saturated rings. The maximum atomic E-state index is 11.2. The third kappa shape index (κ3) is 5.37. The molecule has 5 heteroatoms. The van der Waals surface area contributed by atoms with Gasteiger partial charge < -0.3 is 20.9 Å². The number of hydrogen-bond donors (Lipinski definition) is 3. The van der Waals surface area contributed by atoms with Crippen molar-refractivity contribution >= 4 is 5.91 Å². The smallest absolute Gasteiger partial charge is 0.234 e. The molecular weight excluding hydrogens is 304 g/mol. The molecule has 2 rings (SSSR count). The number of aliphatic hydroxyl groups excluding tert-OH is 1. The van der Waals surface area contributed by atoms with Gasteiger partial charge in [0.15, 0.2) is 0 Å². The van der Waals surface area contributed by atoms with E-state index in [-0.39, 0.29) is 6.61 Å². The lowest BCUT2D eigenvalue weighted by Gasteiger charge is -2.14. The van der Waals surface area contributed by atoms with Crippen LogP contribution in [0.5, 0.6) is 5.75 Å². The van der Waals surface area contributed by atoms with Crippen molar-refractivity contribution in [2.75, 3.05) is 6.61 Å². The van der Waals surface area contributed by atoms with E-state index < -0.39 is 11.9 Å². The first kappa shape index (κ1) is 18.0. The van der Waals surface area contributed by atoms with Gasteiger partial charge in [0, 0.05) is 13.2 Å². The quantitative estimate of drug-likeness (QED) is 0.656. The van der Waals surface area contributed by atoms with Gasteiger partial charge in [-0.05, 0) is 42.2 Å². The fourth-order valence-electron chi connectivity index (χ4n) is 2.35. The minimum atomic E-state index is -0.521. The maximum Gasteiger partial charge on any atom is 0.234 e. The number of carbonyl (C=O) groups is 1. The zero-order valence-electron chi connectivity index (χ0n) is 13.9. The van der Waals surface area contributed by atoms with Crippen molar-refractivity contribution < 1.29 is 14.6 Å². The van der Waals surface area contributed by atoms with Gasteiger partial charge in [0.05, 0.1) is 6.04 Å². The van der Waals surface area contributed by atoms with E-state index in [0.29, 0.717) is 19.6 Å². The number of primary amides is 1. The monoisotopic (exact) mass is 328 g/mol. The zero-order chi connectivity index (χ0) is 17.4. The molecule has 0 heterocycles. The fraction of sp³-hybridized carbons (Fsp3) is 0.316. The SMILES string of the molecule is Cc1ccccc1COc1ccc(CNC(CCO)C(N)=O)cc1. The number of aryl methyl sites for hydroxylation is 1. The second-order valence-electron chi connectivity index (χ2n) is 5.71. The van der Waals surface area contributed by atoms with E-state index in [1.54, 1.807) is 0 Å². The number of rotatable bonds is 9. The van der Waals surface area contributed by atoms with E-state index in [9.17, 15) is 4.79 Å². The van der Waals surface area contributed by atoms with Crippen molar-refractivity contribution in [2.45, 2.75) is 32.5 Å². The molecule has 2 aromatic carbocycles. The van der Waals surface area contributed by atoms with Gasteiger partial charge in [-0.1, -0.05) is 36.4 Å². The first-order chi connectivity index (χ1) is 11.6. The highest BCUT2D eigenvalue weighted by atomic mass is 16.5. The number of ether oxygens (including phenoxy) is 1. The predicted octanol–water partition coefficient (Wildman–Crippen LogP) is 1.90. The molecule has 4 N–H and O–H groups in total. The highest BCUT2D eigenvalue weighted by Gasteiger charge is 2.13. The third-order valence-electron chi connectivity index (χ3n) is 3.89. The molecule has 0 aromatic heterocycles. The van der Waals surface area contributed by atoms with Crippen LogP contribution in [-0.2, 0) is 17.9 Å².